The third-order valence-electron chi connectivity index (χ3n) is 13.3. The molecule has 0 saturated carbocycles. The van der Waals surface area contributed by atoms with Crippen LogP contribution < -0.4 is 16.0 Å². The molecule has 3 atom stereocenters. The molecule has 1 aliphatic heterocycles. The highest BCUT2D eigenvalue weighted by Crippen LogP contribution is 2.54. The van der Waals surface area contributed by atoms with Gasteiger partial charge in [0.1, 0.15) is 0 Å². The minimum Gasteiger partial charge on any atom is -0.398 e. The fourth-order valence-electron chi connectivity index (χ4n) is 10.6. The Morgan fingerprint density at radius 3 is 1.68 bits per heavy atom. The lowest BCUT2D eigenvalue weighted by atomic mass is 9.61. The van der Waals surface area contributed by atoms with Gasteiger partial charge in [-0.15, -0.1) is 0 Å². The molecule has 9 rings (SSSR count). The number of rotatable bonds is 12. The number of benzene rings is 6. The lowest BCUT2D eigenvalue weighted by molar-refractivity contribution is -0.0479. The van der Waals surface area contributed by atoms with Gasteiger partial charge in [0.25, 0.3) is 0 Å². The minimum absolute atomic E-state index is 0.109. The summed E-state index contributed by atoms with van der Waals surface area (Å²) in [6.07, 6.45) is 5.30. The number of nitrogen functional groups attached to an aromatic ring is 1. The molecular weight excluding hydrogens is 695 g/mol. The largest absolute Gasteiger partial charge is 0.398 e. The third-order valence-corrected chi connectivity index (χ3v) is 13.3. The Labute approximate surface area is 340 Å². The van der Waals surface area contributed by atoms with E-state index in [2.05, 4.69) is 178 Å². The van der Waals surface area contributed by atoms with E-state index < -0.39 is 0 Å². The number of fused-ring (bicyclic) bond motifs is 2. The Balaban J connectivity index is 1.25. The number of anilines is 2. The van der Waals surface area contributed by atoms with Crippen LogP contribution in [-0.2, 0) is 45.4 Å². The lowest BCUT2D eigenvalue weighted by Crippen LogP contribution is -2.60. The van der Waals surface area contributed by atoms with Gasteiger partial charge in [-0.2, -0.15) is 0 Å². The van der Waals surface area contributed by atoms with Crippen molar-refractivity contribution in [1.29, 1.82) is 0 Å². The molecule has 5 nitrogen and oxygen atoms in total. The molecule has 1 heterocycles. The number of nitrogens with two attached hydrogens (primary N) is 1. The maximum absolute atomic E-state index is 7.26. The summed E-state index contributed by atoms with van der Waals surface area (Å²) >= 11 is 0. The van der Waals surface area contributed by atoms with Gasteiger partial charge in [-0.3, -0.25) is 9.80 Å². The first-order valence-corrected chi connectivity index (χ1v) is 21.2. The van der Waals surface area contributed by atoms with Crippen LogP contribution in [0.4, 0.5) is 11.4 Å². The molecule has 57 heavy (non-hydrogen) atoms. The van der Waals surface area contributed by atoms with E-state index in [1.807, 2.05) is 0 Å². The summed E-state index contributed by atoms with van der Waals surface area (Å²) < 4.78 is 0. The smallest absolute Gasteiger partial charge is 0.0424 e. The molecule has 0 spiro atoms. The summed E-state index contributed by atoms with van der Waals surface area (Å²) in [4.78, 5) is 8.39. The molecule has 1 unspecified atom stereocenters. The molecule has 290 valence electrons. The van der Waals surface area contributed by atoms with E-state index in [0.717, 1.165) is 90.1 Å². The topological polar surface area (TPSA) is 47.8 Å². The first-order chi connectivity index (χ1) is 28.1. The average molecular weight is 752 g/mol. The van der Waals surface area contributed by atoms with Crippen molar-refractivity contribution < 1.29 is 0 Å². The van der Waals surface area contributed by atoms with Crippen molar-refractivity contribution in [3.05, 3.63) is 202 Å². The first-order valence-electron chi connectivity index (χ1n) is 21.2. The Bertz CT molecular complexity index is 2120. The van der Waals surface area contributed by atoms with Crippen molar-refractivity contribution in [3.8, 4) is 0 Å². The highest BCUT2D eigenvalue weighted by atomic mass is 15.2. The summed E-state index contributed by atoms with van der Waals surface area (Å²) in [6.45, 7) is 7.60. The van der Waals surface area contributed by atoms with Gasteiger partial charge in [0.2, 0.25) is 0 Å². The molecule has 0 bridgehead atoms. The molecule has 0 amide bonds. The van der Waals surface area contributed by atoms with Crippen molar-refractivity contribution >= 4 is 11.4 Å². The predicted octanol–water partition coefficient (Wildman–Crippen LogP) is 9.61. The highest BCUT2D eigenvalue weighted by Gasteiger charge is 2.52. The second-order valence-corrected chi connectivity index (χ2v) is 16.6. The van der Waals surface area contributed by atoms with Gasteiger partial charge in [-0.1, -0.05) is 146 Å². The van der Waals surface area contributed by atoms with E-state index in [9.17, 15) is 0 Å². The molecule has 0 radical (unpaired) electrons. The number of nitrogens with zero attached hydrogens (tertiary/aromatic N) is 3. The van der Waals surface area contributed by atoms with Gasteiger partial charge < -0.3 is 16.0 Å². The van der Waals surface area contributed by atoms with Crippen LogP contribution in [0.3, 0.4) is 0 Å². The van der Waals surface area contributed by atoms with E-state index in [4.69, 9.17) is 5.73 Å². The normalized spacial score (nSPS) is 20.6. The highest BCUT2D eigenvalue weighted by molar-refractivity contribution is 5.60. The second kappa shape index (κ2) is 17.1. The Morgan fingerprint density at radius 2 is 1.11 bits per heavy atom. The molecule has 3 N–H and O–H groups in total. The van der Waals surface area contributed by atoms with E-state index in [-0.39, 0.29) is 11.6 Å². The van der Waals surface area contributed by atoms with Crippen LogP contribution in [0, 0.1) is 5.92 Å². The monoisotopic (exact) mass is 751 g/mol. The summed E-state index contributed by atoms with van der Waals surface area (Å²) in [5.41, 5.74) is 20.7. The zero-order valence-corrected chi connectivity index (χ0v) is 33.3. The summed E-state index contributed by atoms with van der Waals surface area (Å²) in [5, 5.41) is 3.61. The number of nitrogens with one attached hydrogen (secondary N) is 1. The fourth-order valence-corrected chi connectivity index (χ4v) is 10.6. The standard InChI is InChI=1S/C52H57N5/c53-48-25-13-24-45-27-28-47(51(50(45)48)56(36-40-15-5-1-6-16-40)37-41-17-7-2-8-18-41)52(57(38-42-19-9-3-10-20-42)39-43-21-11-4-12-22-43)30-29-44-23-14-26-49(46(44)35-52)55-33-31-54-32-34-55/h1-26,47,51,54H,27-39,53H2/t47?,51-,52-/m1/s1. The molecule has 5 heteroatoms. The maximum Gasteiger partial charge on any atom is 0.0424 e. The van der Waals surface area contributed by atoms with Crippen molar-refractivity contribution in [1.82, 2.24) is 15.1 Å². The summed E-state index contributed by atoms with van der Waals surface area (Å²) in [5.74, 6) is 0.304. The Morgan fingerprint density at radius 1 is 0.579 bits per heavy atom. The van der Waals surface area contributed by atoms with Crippen LogP contribution in [-0.4, -0.2) is 41.5 Å². The van der Waals surface area contributed by atoms with Gasteiger partial charge >= 0.3 is 0 Å². The molecular formula is C52H57N5. The Hall–Kier alpha value is -5.20. The minimum atomic E-state index is -0.168. The van der Waals surface area contributed by atoms with E-state index in [1.165, 1.54) is 44.6 Å². The third kappa shape index (κ3) is 8.02. The molecule has 1 saturated heterocycles. The van der Waals surface area contributed by atoms with Gasteiger partial charge in [0.05, 0.1) is 0 Å². The van der Waals surface area contributed by atoms with E-state index in [1.54, 1.807) is 5.56 Å². The predicted molar refractivity (Wildman–Crippen MR) is 236 cm³/mol. The van der Waals surface area contributed by atoms with Crippen LogP contribution in [0.25, 0.3) is 0 Å². The molecule has 3 aliphatic rings. The zero-order chi connectivity index (χ0) is 38.4. The van der Waals surface area contributed by atoms with Gasteiger partial charge in [-0.25, -0.2) is 0 Å². The maximum atomic E-state index is 7.26. The summed E-state index contributed by atoms with van der Waals surface area (Å²) in [6, 6.07) is 58.7. The molecule has 0 aromatic heterocycles. The van der Waals surface area contributed by atoms with Crippen LogP contribution in [0.5, 0.6) is 0 Å². The quantitative estimate of drug-likeness (QED) is 0.122. The van der Waals surface area contributed by atoms with E-state index in [0.29, 0.717) is 5.92 Å². The molecule has 6 aromatic rings. The van der Waals surface area contributed by atoms with Crippen LogP contribution in [0.1, 0.15) is 63.4 Å². The van der Waals surface area contributed by atoms with Crippen molar-refractivity contribution in [2.75, 3.05) is 36.8 Å². The zero-order valence-electron chi connectivity index (χ0n) is 33.3. The molecule has 2 aliphatic carbocycles. The molecule has 6 aromatic carbocycles. The SMILES string of the molecule is Nc1cccc2c1[C@H](N(Cc1ccccc1)Cc1ccccc1)C([C@@]1(N(Cc3ccccc3)Cc3ccccc3)CCc3cccc(N4CCNCC4)c3C1)CC2. The van der Waals surface area contributed by atoms with Crippen LogP contribution >= 0.6 is 0 Å². The number of piperazine rings is 1. The number of hydrogen-bond acceptors (Lipinski definition) is 5. The van der Waals surface area contributed by atoms with E-state index >= 15 is 0 Å². The van der Waals surface area contributed by atoms with Gasteiger partial charge in [0, 0.05) is 75.3 Å². The molecule has 1 fully saturated rings. The van der Waals surface area contributed by atoms with Crippen molar-refractivity contribution in [3.63, 3.8) is 0 Å². The Kier molecular flexibility index (Phi) is 11.2. The number of hydrogen-bond donors (Lipinski definition) is 2. The van der Waals surface area contributed by atoms with Gasteiger partial charge in [-0.05, 0) is 94.7 Å². The first kappa shape index (κ1) is 37.4. The fraction of sp³-hybridized carbons (Fsp3) is 0.308. The average Bonchev–Trinajstić information content (AvgIpc) is 3.27. The van der Waals surface area contributed by atoms with Crippen molar-refractivity contribution in [2.24, 2.45) is 5.92 Å². The van der Waals surface area contributed by atoms with Crippen molar-refractivity contribution in [2.45, 2.75) is 69.9 Å². The summed E-state index contributed by atoms with van der Waals surface area (Å²) in [7, 11) is 0. The van der Waals surface area contributed by atoms with Crippen LogP contribution in [0.15, 0.2) is 158 Å². The second-order valence-electron chi connectivity index (χ2n) is 16.6. The van der Waals surface area contributed by atoms with Crippen LogP contribution in [0.2, 0.25) is 0 Å². The number of aryl methyl sites for hydroxylation is 2. The lowest BCUT2D eigenvalue weighted by Gasteiger charge is -2.57. The van der Waals surface area contributed by atoms with Gasteiger partial charge in [0.15, 0.2) is 0 Å².